The third kappa shape index (κ3) is 5.30. The number of aromatic nitrogens is 1. The summed E-state index contributed by atoms with van der Waals surface area (Å²) in [5.41, 5.74) is 4.39. The van der Waals surface area contributed by atoms with E-state index in [9.17, 15) is 4.79 Å². The van der Waals surface area contributed by atoms with Crippen LogP contribution >= 0.6 is 0 Å². The maximum atomic E-state index is 12.3. The highest BCUT2D eigenvalue weighted by Crippen LogP contribution is 2.23. The standard InChI is InChI=1S/C22H29N3O2/c1-22(2,3)27-21(26)24(4)16-20-19-11-13-25(15-18(19)10-12-23-20)14-17-8-6-5-7-9-17/h5-10,12H,11,13-16H2,1-4H3. The van der Waals surface area contributed by atoms with Crippen LogP contribution in [0.1, 0.15) is 43.2 Å². The van der Waals surface area contributed by atoms with Crippen molar-refractivity contribution in [3.63, 3.8) is 0 Å². The van der Waals surface area contributed by atoms with Gasteiger partial charge in [-0.25, -0.2) is 4.79 Å². The summed E-state index contributed by atoms with van der Waals surface area (Å²) in [6.45, 7) is 8.97. The number of rotatable bonds is 4. The molecule has 0 aliphatic carbocycles. The Balaban J connectivity index is 1.67. The minimum Gasteiger partial charge on any atom is -0.444 e. The lowest BCUT2D eigenvalue weighted by atomic mass is 9.98. The monoisotopic (exact) mass is 367 g/mol. The quantitative estimate of drug-likeness (QED) is 0.819. The molecule has 0 fully saturated rings. The normalized spacial score (nSPS) is 14.5. The predicted octanol–water partition coefficient (Wildman–Crippen LogP) is 4.01. The number of fused-ring (bicyclic) bond motifs is 1. The molecule has 0 bridgehead atoms. The van der Waals surface area contributed by atoms with Crippen molar-refractivity contribution in [1.29, 1.82) is 0 Å². The summed E-state index contributed by atoms with van der Waals surface area (Å²) in [5.74, 6) is 0. The number of carbonyl (C=O) groups is 1. The lowest BCUT2D eigenvalue weighted by Gasteiger charge is -2.30. The van der Waals surface area contributed by atoms with Crippen LogP contribution in [-0.2, 0) is 30.8 Å². The molecule has 0 saturated carbocycles. The first-order valence-corrected chi connectivity index (χ1v) is 9.48. The second-order valence-electron chi connectivity index (χ2n) is 8.18. The highest BCUT2D eigenvalue weighted by molar-refractivity contribution is 5.67. The lowest BCUT2D eigenvalue weighted by Crippen LogP contribution is -2.35. The first-order valence-electron chi connectivity index (χ1n) is 9.48. The van der Waals surface area contributed by atoms with Gasteiger partial charge in [-0.15, -0.1) is 0 Å². The van der Waals surface area contributed by atoms with Gasteiger partial charge in [0.2, 0.25) is 0 Å². The summed E-state index contributed by atoms with van der Waals surface area (Å²) < 4.78 is 5.45. The van der Waals surface area contributed by atoms with Crippen molar-refractivity contribution in [2.75, 3.05) is 13.6 Å². The number of hydrogen-bond donors (Lipinski definition) is 0. The van der Waals surface area contributed by atoms with E-state index in [0.29, 0.717) is 6.54 Å². The van der Waals surface area contributed by atoms with Crippen molar-refractivity contribution in [1.82, 2.24) is 14.8 Å². The van der Waals surface area contributed by atoms with Crippen molar-refractivity contribution >= 4 is 6.09 Å². The SMILES string of the molecule is CN(Cc1nccc2c1CCN(Cc1ccccc1)C2)C(=O)OC(C)(C)C. The Labute approximate surface area is 162 Å². The summed E-state index contributed by atoms with van der Waals surface area (Å²) >= 11 is 0. The largest absolute Gasteiger partial charge is 0.444 e. The number of pyridine rings is 1. The Hall–Kier alpha value is -2.40. The van der Waals surface area contributed by atoms with Gasteiger partial charge in [-0.1, -0.05) is 30.3 Å². The van der Waals surface area contributed by atoms with Gasteiger partial charge in [0.05, 0.1) is 12.2 Å². The molecule has 144 valence electrons. The average Bonchev–Trinajstić information content (AvgIpc) is 2.61. The molecule has 0 spiro atoms. The maximum absolute atomic E-state index is 12.3. The molecule has 1 aromatic carbocycles. The van der Waals surface area contributed by atoms with Gasteiger partial charge in [0.1, 0.15) is 5.60 Å². The van der Waals surface area contributed by atoms with E-state index >= 15 is 0 Å². The molecule has 5 nitrogen and oxygen atoms in total. The van der Waals surface area contributed by atoms with Crippen LogP contribution in [0.2, 0.25) is 0 Å². The fourth-order valence-electron chi connectivity index (χ4n) is 3.37. The van der Waals surface area contributed by atoms with Gasteiger partial charge in [-0.3, -0.25) is 9.88 Å². The number of ether oxygens (including phenoxy) is 1. The van der Waals surface area contributed by atoms with Crippen LogP contribution in [0.3, 0.4) is 0 Å². The highest BCUT2D eigenvalue weighted by Gasteiger charge is 2.23. The van der Waals surface area contributed by atoms with Crippen molar-refractivity contribution in [2.24, 2.45) is 0 Å². The smallest absolute Gasteiger partial charge is 0.410 e. The third-order valence-corrected chi connectivity index (χ3v) is 4.66. The van der Waals surface area contributed by atoms with Crippen LogP contribution in [-0.4, -0.2) is 40.1 Å². The molecule has 1 aromatic heterocycles. The first kappa shape index (κ1) is 19.4. The van der Waals surface area contributed by atoms with E-state index in [2.05, 4.69) is 40.2 Å². The molecule has 2 heterocycles. The number of benzene rings is 1. The molecular weight excluding hydrogens is 338 g/mol. The molecule has 1 amide bonds. The van der Waals surface area contributed by atoms with Gasteiger partial charge in [-0.05, 0) is 49.9 Å². The van der Waals surface area contributed by atoms with Gasteiger partial charge < -0.3 is 9.64 Å². The van der Waals surface area contributed by atoms with Crippen LogP contribution < -0.4 is 0 Å². The molecule has 1 aliphatic rings. The predicted molar refractivity (Wildman–Crippen MR) is 106 cm³/mol. The van der Waals surface area contributed by atoms with E-state index in [-0.39, 0.29) is 6.09 Å². The minimum absolute atomic E-state index is 0.316. The topological polar surface area (TPSA) is 45.7 Å². The Bertz CT molecular complexity index is 784. The number of amides is 1. The Morgan fingerprint density at radius 2 is 1.96 bits per heavy atom. The second kappa shape index (κ2) is 8.09. The van der Waals surface area contributed by atoms with Crippen molar-refractivity contribution in [3.05, 3.63) is 65.0 Å². The van der Waals surface area contributed by atoms with Gasteiger partial charge >= 0.3 is 6.09 Å². The molecule has 0 unspecified atom stereocenters. The zero-order chi connectivity index (χ0) is 19.4. The van der Waals surface area contributed by atoms with E-state index in [1.54, 1.807) is 11.9 Å². The Morgan fingerprint density at radius 3 is 2.67 bits per heavy atom. The molecule has 5 heteroatoms. The zero-order valence-electron chi connectivity index (χ0n) is 16.7. The number of hydrogen-bond acceptors (Lipinski definition) is 4. The van der Waals surface area contributed by atoms with E-state index in [1.165, 1.54) is 16.7 Å². The molecule has 0 N–H and O–H groups in total. The summed E-state index contributed by atoms with van der Waals surface area (Å²) in [5, 5.41) is 0. The molecule has 3 rings (SSSR count). The van der Waals surface area contributed by atoms with Gasteiger partial charge in [0, 0.05) is 32.9 Å². The zero-order valence-corrected chi connectivity index (χ0v) is 16.7. The van der Waals surface area contributed by atoms with E-state index in [0.717, 1.165) is 31.7 Å². The van der Waals surface area contributed by atoms with Crippen LogP contribution in [0, 0.1) is 0 Å². The maximum Gasteiger partial charge on any atom is 0.410 e. The molecular formula is C22H29N3O2. The van der Waals surface area contributed by atoms with Crippen molar-refractivity contribution in [3.8, 4) is 0 Å². The minimum atomic E-state index is -0.493. The van der Waals surface area contributed by atoms with Crippen LogP contribution in [0.4, 0.5) is 4.79 Å². The molecule has 27 heavy (non-hydrogen) atoms. The fraction of sp³-hybridized carbons (Fsp3) is 0.455. The first-order chi connectivity index (χ1) is 12.8. The van der Waals surface area contributed by atoms with Crippen LogP contribution in [0.15, 0.2) is 42.6 Å². The summed E-state index contributed by atoms with van der Waals surface area (Å²) in [7, 11) is 1.76. The molecule has 0 saturated heterocycles. The van der Waals surface area contributed by atoms with Crippen molar-refractivity contribution in [2.45, 2.75) is 52.4 Å². The van der Waals surface area contributed by atoms with Crippen molar-refractivity contribution < 1.29 is 9.53 Å². The fourth-order valence-corrected chi connectivity index (χ4v) is 3.37. The van der Waals surface area contributed by atoms with E-state index in [1.807, 2.05) is 33.0 Å². The highest BCUT2D eigenvalue weighted by atomic mass is 16.6. The summed E-state index contributed by atoms with van der Waals surface area (Å²) in [6.07, 6.45) is 2.49. The molecule has 1 aliphatic heterocycles. The lowest BCUT2D eigenvalue weighted by molar-refractivity contribution is 0.0282. The Morgan fingerprint density at radius 1 is 1.22 bits per heavy atom. The van der Waals surface area contributed by atoms with Gasteiger partial charge in [0.15, 0.2) is 0 Å². The molecule has 2 aromatic rings. The molecule has 0 radical (unpaired) electrons. The third-order valence-electron chi connectivity index (χ3n) is 4.66. The van der Waals surface area contributed by atoms with E-state index in [4.69, 9.17) is 4.74 Å². The number of nitrogens with zero attached hydrogens (tertiary/aromatic N) is 3. The van der Waals surface area contributed by atoms with Crippen LogP contribution in [0.5, 0.6) is 0 Å². The second-order valence-corrected chi connectivity index (χ2v) is 8.18. The van der Waals surface area contributed by atoms with Gasteiger partial charge in [0.25, 0.3) is 0 Å². The summed E-state index contributed by atoms with van der Waals surface area (Å²) in [4.78, 5) is 20.9. The van der Waals surface area contributed by atoms with E-state index < -0.39 is 5.60 Å². The van der Waals surface area contributed by atoms with Crippen LogP contribution in [0.25, 0.3) is 0 Å². The Kier molecular flexibility index (Phi) is 5.80. The molecule has 0 atom stereocenters. The number of carbonyl (C=O) groups excluding carboxylic acids is 1. The average molecular weight is 367 g/mol. The summed E-state index contributed by atoms with van der Waals surface area (Å²) in [6, 6.07) is 12.7. The van der Waals surface area contributed by atoms with Gasteiger partial charge in [-0.2, -0.15) is 0 Å².